The molecule has 0 spiro atoms. The molecule has 0 radical (unpaired) electrons. The van der Waals surface area contributed by atoms with E-state index in [1.54, 1.807) is 12.1 Å². The topological polar surface area (TPSA) is 41.6 Å². The molecule has 4 rings (SSSR count). The maximum absolute atomic E-state index is 13.3. The number of nitrogens with one attached hydrogen (secondary N) is 1. The number of para-hydroxylation sites is 2. The van der Waals surface area contributed by atoms with Crippen LogP contribution in [0.25, 0.3) is 0 Å². The van der Waals surface area contributed by atoms with Crippen molar-refractivity contribution in [2.75, 3.05) is 18.1 Å². The van der Waals surface area contributed by atoms with Gasteiger partial charge in [0.25, 0.3) is 0 Å². The molecule has 0 saturated carbocycles. The number of carbonyl (C=O) groups excluding carboxylic acids is 1. The van der Waals surface area contributed by atoms with E-state index in [2.05, 4.69) is 22.3 Å². The lowest BCUT2D eigenvalue weighted by Gasteiger charge is -2.38. The number of nitrogens with zero attached hydrogens (tertiary/aromatic N) is 1. The summed E-state index contributed by atoms with van der Waals surface area (Å²) in [4.78, 5) is 14.8. The van der Waals surface area contributed by atoms with Crippen LogP contribution in [0.4, 0.5) is 10.1 Å². The third-order valence-electron chi connectivity index (χ3n) is 5.54. The smallest absolute Gasteiger partial charge is 0.222 e. The first-order valence-corrected chi connectivity index (χ1v) is 10.7. The van der Waals surface area contributed by atoms with Crippen molar-refractivity contribution in [2.24, 2.45) is 0 Å². The SMILES string of the molecule is O=C(CC1COc2ccccc2N1Cc1ccc(F)cc1)NCCCc1ccccc1. The fourth-order valence-corrected chi connectivity index (χ4v) is 3.91. The molecular weight excluding hydrogens is 391 g/mol. The molecular formula is C26H27FN2O2. The average Bonchev–Trinajstić information content (AvgIpc) is 2.80. The zero-order chi connectivity index (χ0) is 21.5. The Balaban J connectivity index is 1.37. The Morgan fingerprint density at radius 1 is 0.968 bits per heavy atom. The minimum Gasteiger partial charge on any atom is -0.489 e. The Labute approximate surface area is 182 Å². The number of carbonyl (C=O) groups is 1. The summed E-state index contributed by atoms with van der Waals surface area (Å²) in [6.45, 7) is 1.68. The summed E-state index contributed by atoms with van der Waals surface area (Å²) in [5, 5.41) is 3.05. The molecule has 3 aromatic carbocycles. The van der Waals surface area contributed by atoms with E-state index in [4.69, 9.17) is 4.74 Å². The molecule has 0 fully saturated rings. The molecule has 1 heterocycles. The van der Waals surface area contributed by atoms with Crippen molar-refractivity contribution in [2.45, 2.75) is 31.8 Å². The van der Waals surface area contributed by atoms with E-state index in [1.807, 2.05) is 42.5 Å². The average molecular weight is 419 g/mol. The van der Waals surface area contributed by atoms with Crippen molar-refractivity contribution in [3.8, 4) is 5.75 Å². The highest BCUT2D eigenvalue weighted by Crippen LogP contribution is 2.35. The summed E-state index contributed by atoms with van der Waals surface area (Å²) >= 11 is 0. The molecule has 0 bridgehead atoms. The standard InChI is InChI=1S/C26H27FN2O2/c27-22-14-12-21(13-15-22)18-29-23(19-31-25-11-5-4-10-24(25)29)17-26(30)28-16-6-9-20-7-2-1-3-8-20/h1-5,7-8,10-15,23H,6,9,16-19H2,(H,28,30). The number of hydrogen-bond acceptors (Lipinski definition) is 3. The van der Waals surface area contributed by atoms with Crippen LogP contribution in [-0.4, -0.2) is 25.1 Å². The normalized spacial score (nSPS) is 15.1. The van der Waals surface area contributed by atoms with Crippen molar-refractivity contribution in [3.05, 3.63) is 95.8 Å². The minimum absolute atomic E-state index is 0.0187. The van der Waals surface area contributed by atoms with Gasteiger partial charge >= 0.3 is 0 Å². The highest BCUT2D eigenvalue weighted by molar-refractivity contribution is 5.77. The van der Waals surface area contributed by atoms with Gasteiger partial charge in [-0.15, -0.1) is 0 Å². The molecule has 1 atom stereocenters. The van der Waals surface area contributed by atoms with E-state index in [1.165, 1.54) is 17.7 Å². The van der Waals surface area contributed by atoms with Gasteiger partial charge in [-0.05, 0) is 48.2 Å². The number of rotatable bonds is 8. The van der Waals surface area contributed by atoms with Gasteiger partial charge in [0.2, 0.25) is 5.91 Å². The molecule has 1 aliphatic rings. The van der Waals surface area contributed by atoms with Crippen LogP contribution in [0, 0.1) is 5.82 Å². The zero-order valence-corrected chi connectivity index (χ0v) is 17.5. The molecule has 1 unspecified atom stereocenters. The summed E-state index contributed by atoms with van der Waals surface area (Å²) in [6.07, 6.45) is 2.19. The van der Waals surface area contributed by atoms with Crippen LogP contribution in [-0.2, 0) is 17.8 Å². The molecule has 0 saturated heterocycles. The predicted octanol–water partition coefficient (Wildman–Crippen LogP) is 4.73. The number of fused-ring (bicyclic) bond motifs is 1. The molecule has 3 aromatic rings. The lowest BCUT2D eigenvalue weighted by atomic mass is 10.1. The van der Waals surface area contributed by atoms with Gasteiger partial charge < -0.3 is 15.0 Å². The molecule has 1 amide bonds. The predicted molar refractivity (Wildman–Crippen MR) is 121 cm³/mol. The van der Waals surface area contributed by atoms with E-state index >= 15 is 0 Å². The third kappa shape index (κ3) is 5.63. The zero-order valence-electron chi connectivity index (χ0n) is 17.5. The number of halogens is 1. The first kappa shape index (κ1) is 20.9. The van der Waals surface area contributed by atoms with E-state index in [0.717, 1.165) is 29.8 Å². The van der Waals surface area contributed by atoms with Gasteiger partial charge in [-0.3, -0.25) is 4.79 Å². The van der Waals surface area contributed by atoms with Crippen LogP contribution < -0.4 is 15.0 Å². The van der Waals surface area contributed by atoms with Crippen molar-refractivity contribution in [1.29, 1.82) is 0 Å². The lowest BCUT2D eigenvalue weighted by molar-refractivity contribution is -0.121. The highest BCUT2D eigenvalue weighted by Gasteiger charge is 2.29. The Morgan fingerprint density at radius 3 is 2.52 bits per heavy atom. The monoisotopic (exact) mass is 418 g/mol. The Kier molecular flexibility index (Phi) is 6.82. The van der Waals surface area contributed by atoms with E-state index in [9.17, 15) is 9.18 Å². The summed E-state index contributed by atoms with van der Waals surface area (Å²) in [7, 11) is 0. The molecule has 5 heteroatoms. The number of anilines is 1. The van der Waals surface area contributed by atoms with Crippen LogP contribution in [0.15, 0.2) is 78.9 Å². The number of benzene rings is 3. The number of ether oxygens (including phenoxy) is 1. The first-order chi connectivity index (χ1) is 15.2. The van der Waals surface area contributed by atoms with Crippen LogP contribution >= 0.6 is 0 Å². The van der Waals surface area contributed by atoms with E-state index in [0.29, 0.717) is 26.1 Å². The lowest BCUT2D eigenvalue weighted by Crippen LogP contribution is -2.45. The van der Waals surface area contributed by atoms with Crippen molar-refractivity contribution in [3.63, 3.8) is 0 Å². The van der Waals surface area contributed by atoms with Crippen molar-refractivity contribution < 1.29 is 13.9 Å². The van der Waals surface area contributed by atoms with Gasteiger partial charge in [0.15, 0.2) is 0 Å². The number of hydrogen-bond donors (Lipinski definition) is 1. The quantitative estimate of drug-likeness (QED) is 0.538. The Morgan fingerprint density at radius 2 is 1.71 bits per heavy atom. The fraction of sp³-hybridized carbons (Fsp3) is 0.269. The second-order valence-electron chi connectivity index (χ2n) is 7.83. The second kappa shape index (κ2) is 10.1. The number of aryl methyl sites for hydroxylation is 1. The van der Waals surface area contributed by atoms with E-state index in [-0.39, 0.29) is 17.8 Å². The highest BCUT2D eigenvalue weighted by atomic mass is 19.1. The van der Waals surface area contributed by atoms with Crippen LogP contribution in [0.2, 0.25) is 0 Å². The second-order valence-corrected chi connectivity index (χ2v) is 7.83. The van der Waals surface area contributed by atoms with Gasteiger partial charge in [0.1, 0.15) is 18.2 Å². The van der Waals surface area contributed by atoms with Crippen LogP contribution in [0.5, 0.6) is 5.75 Å². The van der Waals surface area contributed by atoms with E-state index < -0.39 is 0 Å². The van der Waals surface area contributed by atoms with Gasteiger partial charge in [0, 0.05) is 13.1 Å². The Hall–Kier alpha value is -3.34. The van der Waals surface area contributed by atoms with Crippen molar-refractivity contribution in [1.82, 2.24) is 5.32 Å². The molecule has 160 valence electrons. The molecule has 0 aromatic heterocycles. The summed E-state index contributed by atoms with van der Waals surface area (Å²) < 4.78 is 19.2. The molecule has 1 aliphatic heterocycles. The van der Waals surface area contributed by atoms with Gasteiger partial charge in [-0.2, -0.15) is 0 Å². The maximum atomic E-state index is 13.3. The first-order valence-electron chi connectivity index (χ1n) is 10.7. The third-order valence-corrected chi connectivity index (χ3v) is 5.54. The summed E-state index contributed by atoms with van der Waals surface area (Å²) in [5.41, 5.74) is 3.23. The van der Waals surface area contributed by atoms with Gasteiger partial charge in [-0.1, -0.05) is 54.6 Å². The van der Waals surface area contributed by atoms with Gasteiger partial charge in [-0.25, -0.2) is 4.39 Å². The molecule has 31 heavy (non-hydrogen) atoms. The maximum Gasteiger partial charge on any atom is 0.222 e. The molecule has 0 aliphatic carbocycles. The minimum atomic E-state index is -0.252. The van der Waals surface area contributed by atoms with Crippen molar-refractivity contribution >= 4 is 11.6 Å². The Bertz CT molecular complexity index is 992. The fourth-order valence-electron chi connectivity index (χ4n) is 3.91. The van der Waals surface area contributed by atoms with Crippen LogP contribution in [0.3, 0.4) is 0 Å². The largest absolute Gasteiger partial charge is 0.489 e. The molecule has 4 nitrogen and oxygen atoms in total. The summed E-state index contributed by atoms with van der Waals surface area (Å²) in [5.74, 6) is 0.576. The van der Waals surface area contributed by atoms with Crippen LogP contribution in [0.1, 0.15) is 24.0 Å². The van der Waals surface area contributed by atoms with Gasteiger partial charge in [0.05, 0.1) is 18.2 Å². The molecule has 1 N–H and O–H groups in total. The summed E-state index contributed by atoms with van der Waals surface area (Å²) in [6, 6.07) is 24.5. The number of amides is 1.